The van der Waals surface area contributed by atoms with Gasteiger partial charge in [-0.15, -0.1) is 0 Å². The topological polar surface area (TPSA) is 49.2 Å². The summed E-state index contributed by atoms with van der Waals surface area (Å²) in [7, 11) is 1.88. The third-order valence-electron chi connectivity index (χ3n) is 4.44. The van der Waals surface area contributed by atoms with Gasteiger partial charge in [0, 0.05) is 51.5 Å². The first-order valence-electron chi connectivity index (χ1n) is 8.41. The SMILES string of the molecule is Cc1nn(C)c(Cl)c1CN1CCCN(C(=S)Nc2cccnc2)CC1. The lowest BCUT2D eigenvalue weighted by molar-refractivity contribution is 0.277. The van der Waals surface area contributed by atoms with Gasteiger partial charge in [-0.25, -0.2) is 0 Å². The number of thiocarbonyl (C=S) groups is 1. The van der Waals surface area contributed by atoms with Crippen molar-refractivity contribution >= 4 is 34.6 Å². The number of pyridine rings is 1. The van der Waals surface area contributed by atoms with Crippen molar-refractivity contribution in [3.8, 4) is 0 Å². The van der Waals surface area contributed by atoms with Gasteiger partial charge in [-0.05, 0) is 37.7 Å². The van der Waals surface area contributed by atoms with Crippen LogP contribution in [0.3, 0.4) is 0 Å². The molecule has 2 aromatic rings. The molecule has 8 heteroatoms. The van der Waals surface area contributed by atoms with Crippen LogP contribution >= 0.6 is 23.8 Å². The van der Waals surface area contributed by atoms with Gasteiger partial charge in [0.15, 0.2) is 5.11 Å². The number of nitrogens with one attached hydrogen (secondary N) is 1. The summed E-state index contributed by atoms with van der Waals surface area (Å²) in [6, 6.07) is 3.87. The largest absolute Gasteiger partial charge is 0.348 e. The summed E-state index contributed by atoms with van der Waals surface area (Å²) in [4.78, 5) is 8.75. The summed E-state index contributed by atoms with van der Waals surface area (Å²) in [5, 5.41) is 9.15. The summed E-state index contributed by atoms with van der Waals surface area (Å²) < 4.78 is 1.74. The maximum absolute atomic E-state index is 6.37. The fourth-order valence-corrected chi connectivity index (χ4v) is 3.58. The summed E-state index contributed by atoms with van der Waals surface area (Å²) >= 11 is 11.9. The molecular weight excluding hydrogens is 356 g/mol. The lowest BCUT2D eigenvalue weighted by atomic mass is 10.2. The highest BCUT2D eigenvalue weighted by Gasteiger charge is 2.20. The normalized spacial score (nSPS) is 15.9. The van der Waals surface area contributed by atoms with Crippen molar-refractivity contribution in [2.75, 3.05) is 31.5 Å². The number of hydrogen-bond acceptors (Lipinski definition) is 4. The third kappa shape index (κ3) is 4.48. The van der Waals surface area contributed by atoms with E-state index in [1.807, 2.05) is 26.1 Å². The van der Waals surface area contributed by atoms with Crippen LogP contribution in [0.4, 0.5) is 5.69 Å². The van der Waals surface area contributed by atoms with Gasteiger partial charge in [-0.1, -0.05) is 11.6 Å². The molecular formula is C17H23ClN6S. The zero-order chi connectivity index (χ0) is 17.8. The zero-order valence-corrected chi connectivity index (χ0v) is 16.1. The van der Waals surface area contributed by atoms with Crippen molar-refractivity contribution in [1.29, 1.82) is 0 Å². The molecule has 0 amide bonds. The van der Waals surface area contributed by atoms with Crippen LogP contribution in [0.1, 0.15) is 17.7 Å². The van der Waals surface area contributed by atoms with E-state index >= 15 is 0 Å². The van der Waals surface area contributed by atoms with Gasteiger partial charge in [0.1, 0.15) is 5.15 Å². The molecule has 0 aromatic carbocycles. The molecule has 3 rings (SSSR count). The first kappa shape index (κ1) is 18.1. The molecule has 25 heavy (non-hydrogen) atoms. The van der Waals surface area contributed by atoms with Crippen molar-refractivity contribution in [3.05, 3.63) is 40.9 Å². The second-order valence-electron chi connectivity index (χ2n) is 6.27. The minimum Gasteiger partial charge on any atom is -0.348 e. The molecule has 0 saturated carbocycles. The van der Waals surface area contributed by atoms with E-state index in [1.165, 1.54) is 0 Å². The van der Waals surface area contributed by atoms with E-state index in [4.69, 9.17) is 23.8 Å². The van der Waals surface area contributed by atoms with Crippen LogP contribution in [0.25, 0.3) is 0 Å². The minimum atomic E-state index is 0.729. The monoisotopic (exact) mass is 378 g/mol. The summed E-state index contributed by atoms with van der Waals surface area (Å²) in [6.07, 6.45) is 4.60. The second-order valence-corrected chi connectivity index (χ2v) is 7.01. The Labute approximate surface area is 158 Å². The average Bonchev–Trinajstić information content (AvgIpc) is 2.79. The molecule has 0 radical (unpaired) electrons. The maximum Gasteiger partial charge on any atom is 0.173 e. The van der Waals surface area contributed by atoms with E-state index in [0.717, 1.165) is 66.4 Å². The molecule has 0 aliphatic carbocycles. The van der Waals surface area contributed by atoms with Crippen LogP contribution in [-0.2, 0) is 13.6 Å². The number of aryl methyl sites for hydroxylation is 2. The van der Waals surface area contributed by atoms with Gasteiger partial charge < -0.3 is 10.2 Å². The van der Waals surface area contributed by atoms with Crippen molar-refractivity contribution in [2.45, 2.75) is 19.9 Å². The molecule has 1 saturated heterocycles. The maximum atomic E-state index is 6.37. The molecule has 0 bridgehead atoms. The Morgan fingerprint density at radius 3 is 2.84 bits per heavy atom. The molecule has 0 atom stereocenters. The van der Waals surface area contributed by atoms with Gasteiger partial charge in [0.05, 0.1) is 17.6 Å². The van der Waals surface area contributed by atoms with Gasteiger partial charge >= 0.3 is 0 Å². The predicted molar refractivity (Wildman–Crippen MR) is 105 cm³/mol. The number of hydrogen-bond donors (Lipinski definition) is 1. The van der Waals surface area contributed by atoms with E-state index in [9.17, 15) is 0 Å². The van der Waals surface area contributed by atoms with Crippen LogP contribution in [0, 0.1) is 6.92 Å². The lowest BCUT2D eigenvalue weighted by Crippen LogP contribution is -2.37. The van der Waals surface area contributed by atoms with Gasteiger partial charge in [-0.3, -0.25) is 14.6 Å². The van der Waals surface area contributed by atoms with E-state index in [1.54, 1.807) is 17.1 Å². The number of halogens is 1. The van der Waals surface area contributed by atoms with Crippen molar-refractivity contribution < 1.29 is 0 Å². The highest BCUT2D eigenvalue weighted by molar-refractivity contribution is 7.80. The van der Waals surface area contributed by atoms with Crippen LogP contribution in [0.5, 0.6) is 0 Å². The second kappa shape index (κ2) is 8.12. The van der Waals surface area contributed by atoms with E-state index in [2.05, 4.69) is 25.2 Å². The molecule has 0 unspecified atom stereocenters. The van der Waals surface area contributed by atoms with Crippen molar-refractivity contribution in [2.24, 2.45) is 7.05 Å². The van der Waals surface area contributed by atoms with Gasteiger partial charge in [0.2, 0.25) is 0 Å². The first-order valence-corrected chi connectivity index (χ1v) is 9.19. The molecule has 6 nitrogen and oxygen atoms in total. The average molecular weight is 379 g/mol. The molecule has 2 aromatic heterocycles. The number of anilines is 1. The molecule has 1 aliphatic heterocycles. The van der Waals surface area contributed by atoms with Crippen LogP contribution in [-0.4, -0.2) is 55.9 Å². The Hall–Kier alpha value is -1.70. The smallest absolute Gasteiger partial charge is 0.173 e. The van der Waals surface area contributed by atoms with E-state index < -0.39 is 0 Å². The Morgan fingerprint density at radius 1 is 1.32 bits per heavy atom. The Balaban J connectivity index is 1.57. The fraction of sp³-hybridized carbons (Fsp3) is 0.471. The number of nitrogens with zero attached hydrogens (tertiary/aromatic N) is 5. The third-order valence-corrected chi connectivity index (χ3v) is 5.27. The highest BCUT2D eigenvalue weighted by atomic mass is 35.5. The van der Waals surface area contributed by atoms with Crippen molar-refractivity contribution in [1.82, 2.24) is 24.6 Å². The fourth-order valence-electron chi connectivity index (χ4n) is 3.05. The standard InChI is InChI=1S/C17H23ClN6S/c1-13-15(16(18)22(2)21-13)12-23-7-4-8-24(10-9-23)17(25)20-14-5-3-6-19-11-14/h3,5-6,11H,4,7-10,12H2,1-2H3,(H,20,25). The minimum absolute atomic E-state index is 0.729. The molecule has 0 spiro atoms. The Morgan fingerprint density at radius 2 is 2.16 bits per heavy atom. The zero-order valence-electron chi connectivity index (χ0n) is 14.6. The quantitative estimate of drug-likeness (QED) is 0.829. The van der Waals surface area contributed by atoms with E-state index in [-0.39, 0.29) is 0 Å². The molecule has 3 heterocycles. The Kier molecular flexibility index (Phi) is 5.88. The number of aromatic nitrogens is 3. The van der Waals surface area contributed by atoms with Crippen molar-refractivity contribution in [3.63, 3.8) is 0 Å². The summed E-state index contributed by atoms with van der Waals surface area (Å²) in [5.41, 5.74) is 3.04. The lowest BCUT2D eigenvalue weighted by Gasteiger charge is -2.24. The predicted octanol–water partition coefficient (Wildman–Crippen LogP) is 2.68. The molecule has 1 aliphatic rings. The van der Waals surface area contributed by atoms with Crippen LogP contribution in [0.2, 0.25) is 5.15 Å². The van der Waals surface area contributed by atoms with Gasteiger partial charge in [0.25, 0.3) is 0 Å². The molecule has 1 N–H and O–H groups in total. The van der Waals surface area contributed by atoms with E-state index in [0.29, 0.717) is 0 Å². The highest BCUT2D eigenvalue weighted by Crippen LogP contribution is 2.21. The van der Waals surface area contributed by atoms with Crippen LogP contribution < -0.4 is 5.32 Å². The van der Waals surface area contributed by atoms with Crippen LogP contribution in [0.15, 0.2) is 24.5 Å². The Bertz CT molecular complexity index is 732. The first-order chi connectivity index (χ1) is 12.0. The number of rotatable bonds is 3. The van der Waals surface area contributed by atoms with Gasteiger partial charge in [-0.2, -0.15) is 5.10 Å². The molecule has 1 fully saturated rings. The summed E-state index contributed by atoms with van der Waals surface area (Å²) in [6.45, 7) is 6.65. The molecule has 134 valence electrons. The summed E-state index contributed by atoms with van der Waals surface area (Å²) in [5.74, 6) is 0.